The Labute approximate surface area is 84.1 Å². The van der Waals surface area contributed by atoms with E-state index in [0.717, 1.165) is 17.1 Å². The maximum absolute atomic E-state index is 6.00. The Morgan fingerprint density at radius 1 is 1.38 bits per heavy atom. The van der Waals surface area contributed by atoms with E-state index in [1.165, 1.54) is 0 Å². The molecule has 0 atom stereocenters. The molecule has 0 aromatic heterocycles. The highest BCUT2D eigenvalue weighted by atomic mass is 35.5. The summed E-state index contributed by atoms with van der Waals surface area (Å²) in [7, 11) is 3.68. The zero-order valence-corrected chi connectivity index (χ0v) is 8.71. The second-order valence-electron chi connectivity index (χ2n) is 3.02. The number of halogens is 1. The summed E-state index contributed by atoms with van der Waals surface area (Å²) in [6.45, 7) is 1.43. The molecule has 0 bridgehead atoms. The summed E-state index contributed by atoms with van der Waals surface area (Å²) in [5.41, 5.74) is 1.13. The number of hydrogen-bond donors (Lipinski definition) is 0. The molecular weight excluding hydrogens is 186 g/mol. The molecule has 1 aromatic rings. The van der Waals surface area contributed by atoms with Crippen LogP contribution in [0.15, 0.2) is 24.3 Å². The Morgan fingerprint density at radius 3 is 2.69 bits per heavy atom. The summed E-state index contributed by atoms with van der Waals surface area (Å²) in [6, 6.07) is 7.84. The van der Waals surface area contributed by atoms with Crippen molar-refractivity contribution in [1.82, 2.24) is 4.90 Å². The van der Waals surface area contributed by atoms with E-state index >= 15 is 0 Å². The predicted octanol–water partition coefficient (Wildman–Crippen LogP) is 2.38. The predicted molar refractivity (Wildman–Crippen MR) is 54.8 cm³/mol. The van der Waals surface area contributed by atoms with Crippen LogP contribution < -0.4 is 0 Å². The van der Waals surface area contributed by atoms with E-state index < -0.39 is 0 Å². The van der Waals surface area contributed by atoms with Crippen molar-refractivity contribution in [2.45, 2.75) is 6.54 Å². The maximum atomic E-state index is 6.00. The largest absolute Gasteiger partial charge is 0.369 e. The van der Waals surface area contributed by atoms with Gasteiger partial charge in [0, 0.05) is 18.7 Å². The molecule has 72 valence electrons. The molecule has 13 heavy (non-hydrogen) atoms. The molecule has 0 aliphatic rings. The van der Waals surface area contributed by atoms with Gasteiger partial charge in [-0.25, -0.2) is 0 Å². The number of ether oxygens (including phenoxy) is 1. The minimum absolute atomic E-state index is 0.616. The molecule has 0 heterocycles. The summed E-state index contributed by atoms with van der Waals surface area (Å²) in [4.78, 5) is 2.06. The Kier molecular flexibility index (Phi) is 4.22. The van der Waals surface area contributed by atoms with Crippen LogP contribution in [0.1, 0.15) is 5.56 Å². The summed E-state index contributed by atoms with van der Waals surface area (Å²) >= 11 is 6.00. The monoisotopic (exact) mass is 199 g/mol. The smallest absolute Gasteiger partial charge is 0.0986 e. The van der Waals surface area contributed by atoms with Crippen molar-refractivity contribution in [3.05, 3.63) is 34.9 Å². The molecule has 0 amide bonds. The average molecular weight is 200 g/mol. The topological polar surface area (TPSA) is 12.5 Å². The highest BCUT2D eigenvalue weighted by Crippen LogP contribution is 2.16. The van der Waals surface area contributed by atoms with E-state index in [4.69, 9.17) is 16.3 Å². The zero-order chi connectivity index (χ0) is 9.68. The van der Waals surface area contributed by atoms with E-state index in [-0.39, 0.29) is 0 Å². The third kappa shape index (κ3) is 3.35. The van der Waals surface area contributed by atoms with Gasteiger partial charge in [-0.2, -0.15) is 0 Å². The van der Waals surface area contributed by atoms with Gasteiger partial charge in [0.05, 0.1) is 6.73 Å². The van der Waals surface area contributed by atoms with Crippen LogP contribution in [0, 0.1) is 0 Å². The molecule has 1 rings (SSSR count). The third-order valence-electron chi connectivity index (χ3n) is 1.75. The lowest BCUT2D eigenvalue weighted by atomic mass is 10.2. The Balaban J connectivity index is 2.58. The zero-order valence-electron chi connectivity index (χ0n) is 7.96. The molecule has 0 saturated heterocycles. The lowest BCUT2D eigenvalue weighted by molar-refractivity contribution is 0.0772. The molecule has 0 spiro atoms. The second kappa shape index (κ2) is 5.22. The van der Waals surface area contributed by atoms with Gasteiger partial charge in [0.15, 0.2) is 0 Å². The molecule has 0 saturated carbocycles. The highest BCUT2D eigenvalue weighted by molar-refractivity contribution is 6.31. The average Bonchev–Trinajstić information content (AvgIpc) is 2.09. The van der Waals surface area contributed by atoms with Gasteiger partial charge in [0.1, 0.15) is 0 Å². The Hall–Kier alpha value is -0.570. The molecular formula is C10H14ClNO. The van der Waals surface area contributed by atoms with Crippen molar-refractivity contribution in [3.63, 3.8) is 0 Å². The van der Waals surface area contributed by atoms with Crippen LogP contribution in [0.4, 0.5) is 0 Å². The number of benzene rings is 1. The first-order valence-electron chi connectivity index (χ1n) is 4.15. The van der Waals surface area contributed by atoms with E-state index in [9.17, 15) is 0 Å². The van der Waals surface area contributed by atoms with Gasteiger partial charge in [-0.1, -0.05) is 29.8 Å². The van der Waals surface area contributed by atoms with Crippen LogP contribution >= 0.6 is 11.6 Å². The molecule has 1 aromatic carbocycles. The molecule has 3 heteroatoms. The van der Waals surface area contributed by atoms with Crippen LogP contribution in [0.3, 0.4) is 0 Å². The van der Waals surface area contributed by atoms with Crippen molar-refractivity contribution >= 4 is 11.6 Å². The van der Waals surface area contributed by atoms with Crippen molar-refractivity contribution in [1.29, 1.82) is 0 Å². The van der Waals surface area contributed by atoms with Crippen LogP contribution in [-0.2, 0) is 11.3 Å². The summed E-state index contributed by atoms with van der Waals surface area (Å²) in [5, 5.41) is 0.811. The first-order valence-corrected chi connectivity index (χ1v) is 4.52. The van der Waals surface area contributed by atoms with Crippen molar-refractivity contribution in [2.24, 2.45) is 0 Å². The lowest BCUT2D eigenvalue weighted by Crippen LogP contribution is -2.20. The lowest BCUT2D eigenvalue weighted by Gasteiger charge is -2.15. The molecule has 0 aliphatic heterocycles. The minimum atomic E-state index is 0.616. The molecule has 0 unspecified atom stereocenters. The fourth-order valence-electron chi connectivity index (χ4n) is 1.18. The molecule has 0 radical (unpaired) electrons. The van der Waals surface area contributed by atoms with Gasteiger partial charge in [0.2, 0.25) is 0 Å². The highest BCUT2D eigenvalue weighted by Gasteiger charge is 2.02. The number of rotatable bonds is 4. The van der Waals surface area contributed by atoms with Crippen molar-refractivity contribution in [3.8, 4) is 0 Å². The molecule has 0 fully saturated rings. The first kappa shape index (κ1) is 10.5. The SMILES string of the molecule is COCN(C)Cc1ccccc1Cl. The summed E-state index contributed by atoms with van der Waals surface area (Å²) < 4.78 is 5.00. The summed E-state index contributed by atoms with van der Waals surface area (Å²) in [5.74, 6) is 0. The van der Waals surface area contributed by atoms with E-state index in [2.05, 4.69) is 4.90 Å². The van der Waals surface area contributed by atoms with Crippen molar-refractivity contribution < 1.29 is 4.74 Å². The number of nitrogens with zero attached hydrogens (tertiary/aromatic N) is 1. The number of methoxy groups -OCH3 is 1. The third-order valence-corrected chi connectivity index (χ3v) is 2.12. The maximum Gasteiger partial charge on any atom is 0.0986 e. The van der Waals surface area contributed by atoms with Gasteiger partial charge in [0.25, 0.3) is 0 Å². The first-order chi connectivity index (χ1) is 6.24. The normalized spacial score (nSPS) is 10.8. The van der Waals surface area contributed by atoms with Crippen LogP contribution in [0.5, 0.6) is 0 Å². The van der Waals surface area contributed by atoms with Gasteiger partial charge in [-0.05, 0) is 18.7 Å². The van der Waals surface area contributed by atoms with Gasteiger partial charge < -0.3 is 4.74 Å². The Bertz CT molecular complexity index is 265. The van der Waals surface area contributed by atoms with Crippen LogP contribution in [0.25, 0.3) is 0 Å². The molecule has 2 nitrogen and oxygen atoms in total. The quantitative estimate of drug-likeness (QED) is 0.691. The molecule has 0 aliphatic carbocycles. The summed E-state index contributed by atoms with van der Waals surface area (Å²) in [6.07, 6.45) is 0. The van der Waals surface area contributed by atoms with Gasteiger partial charge >= 0.3 is 0 Å². The fourth-order valence-corrected chi connectivity index (χ4v) is 1.38. The van der Waals surface area contributed by atoms with Crippen LogP contribution in [-0.4, -0.2) is 25.8 Å². The Morgan fingerprint density at radius 2 is 2.08 bits per heavy atom. The van der Waals surface area contributed by atoms with E-state index in [0.29, 0.717) is 6.73 Å². The van der Waals surface area contributed by atoms with E-state index in [1.807, 2.05) is 31.3 Å². The fraction of sp³-hybridized carbons (Fsp3) is 0.400. The van der Waals surface area contributed by atoms with Gasteiger partial charge in [-0.3, -0.25) is 4.90 Å². The van der Waals surface area contributed by atoms with Gasteiger partial charge in [-0.15, -0.1) is 0 Å². The van der Waals surface area contributed by atoms with Crippen molar-refractivity contribution in [2.75, 3.05) is 20.9 Å². The van der Waals surface area contributed by atoms with Crippen LogP contribution in [0.2, 0.25) is 5.02 Å². The standard InChI is InChI=1S/C10H14ClNO/c1-12(8-13-2)7-9-5-3-4-6-10(9)11/h3-6H,7-8H2,1-2H3. The second-order valence-corrected chi connectivity index (χ2v) is 3.43. The van der Waals surface area contributed by atoms with E-state index in [1.54, 1.807) is 7.11 Å². The molecule has 0 N–H and O–H groups in total. The number of hydrogen-bond acceptors (Lipinski definition) is 2. The minimum Gasteiger partial charge on any atom is -0.369 e.